The fourth-order valence-corrected chi connectivity index (χ4v) is 4.06. The van der Waals surface area contributed by atoms with E-state index < -0.39 is 17.8 Å². The first-order valence-corrected chi connectivity index (χ1v) is 10.5. The van der Waals surface area contributed by atoms with Crippen LogP contribution in [0.3, 0.4) is 0 Å². The molecule has 0 aliphatic carbocycles. The fourth-order valence-electron chi connectivity index (χ4n) is 4.06. The van der Waals surface area contributed by atoms with Gasteiger partial charge in [0.2, 0.25) is 0 Å². The second-order valence-corrected chi connectivity index (χ2v) is 7.89. The highest BCUT2D eigenvalue weighted by Gasteiger charge is 2.37. The fraction of sp³-hybridized carbons (Fsp3) is 0.0769. The summed E-state index contributed by atoms with van der Waals surface area (Å²) in [5.74, 6) is -1.41. The van der Waals surface area contributed by atoms with E-state index in [9.17, 15) is 14.4 Å². The number of carbonyl (C=O) groups is 3. The van der Waals surface area contributed by atoms with Crippen LogP contribution in [0, 0.1) is 6.92 Å². The van der Waals surface area contributed by atoms with Crippen LogP contribution in [0.1, 0.15) is 16.7 Å². The molecule has 5 rings (SSSR count). The Labute approximate surface area is 190 Å². The van der Waals surface area contributed by atoms with Crippen LogP contribution in [0.5, 0.6) is 0 Å². The van der Waals surface area contributed by atoms with E-state index in [2.05, 4.69) is 40.0 Å². The molecule has 0 atom stereocenters. The number of aromatic nitrogens is 2. The molecule has 0 bridgehead atoms. The van der Waals surface area contributed by atoms with Gasteiger partial charge in [-0.15, -0.1) is 0 Å². The molecule has 4 amide bonds. The Kier molecular flexibility index (Phi) is 5.06. The quantitative estimate of drug-likeness (QED) is 0.386. The third kappa shape index (κ3) is 3.80. The zero-order valence-electron chi connectivity index (χ0n) is 17.9. The number of hydrogen-bond acceptors (Lipinski definition) is 4. The van der Waals surface area contributed by atoms with E-state index in [1.54, 1.807) is 24.4 Å². The number of amides is 4. The molecule has 1 N–H and O–H groups in total. The van der Waals surface area contributed by atoms with Crippen molar-refractivity contribution in [2.24, 2.45) is 0 Å². The first-order valence-electron chi connectivity index (χ1n) is 10.5. The number of benzene rings is 2. The largest absolute Gasteiger partial charge is 0.342 e. The van der Waals surface area contributed by atoms with E-state index in [0.29, 0.717) is 12.2 Å². The molecule has 0 radical (unpaired) electrons. The third-order valence-electron chi connectivity index (χ3n) is 5.56. The van der Waals surface area contributed by atoms with Crippen LogP contribution in [0.25, 0.3) is 17.0 Å². The highest BCUT2D eigenvalue weighted by atomic mass is 16.2. The minimum Gasteiger partial charge on any atom is -0.342 e. The molecule has 0 saturated carbocycles. The van der Waals surface area contributed by atoms with E-state index in [-0.39, 0.29) is 5.57 Å². The van der Waals surface area contributed by atoms with E-state index in [4.69, 9.17) is 0 Å². The minimum absolute atomic E-state index is 0.114. The van der Waals surface area contributed by atoms with Crippen molar-refractivity contribution in [2.75, 3.05) is 4.90 Å². The summed E-state index contributed by atoms with van der Waals surface area (Å²) in [4.78, 5) is 43.0. The smallest absolute Gasteiger partial charge is 0.336 e. The molecule has 7 heteroatoms. The number of nitrogens with one attached hydrogen (secondary N) is 1. The number of nitrogens with zero attached hydrogens (tertiary/aromatic N) is 3. The third-order valence-corrected chi connectivity index (χ3v) is 5.56. The predicted molar refractivity (Wildman–Crippen MR) is 125 cm³/mol. The predicted octanol–water partition coefficient (Wildman–Crippen LogP) is 4.06. The molecule has 1 aliphatic rings. The summed E-state index contributed by atoms with van der Waals surface area (Å²) in [5.41, 5.74) is 4.20. The van der Waals surface area contributed by atoms with Crippen LogP contribution in [-0.2, 0) is 16.1 Å². The van der Waals surface area contributed by atoms with Gasteiger partial charge in [0.15, 0.2) is 0 Å². The zero-order valence-corrected chi connectivity index (χ0v) is 17.9. The molecule has 162 valence electrons. The van der Waals surface area contributed by atoms with Gasteiger partial charge in [-0.3, -0.25) is 19.9 Å². The first kappa shape index (κ1) is 20.4. The van der Waals surface area contributed by atoms with Crippen molar-refractivity contribution in [3.8, 4) is 0 Å². The second-order valence-electron chi connectivity index (χ2n) is 7.89. The standard InChI is InChI=1S/C26H20N4O3/c1-17-6-4-7-18(12-17)15-29-16-19(21-9-2-3-10-23(21)29)13-22-24(31)28-26(33)30(25(22)32)20-8-5-11-27-14-20/h2-14,16H,15H2,1H3,(H,28,31,33)/b22-13+. The minimum atomic E-state index is -0.794. The molecule has 7 nitrogen and oxygen atoms in total. The van der Waals surface area contributed by atoms with E-state index in [0.717, 1.165) is 26.9 Å². The summed E-state index contributed by atoms with van der Waals surface area (Å²) in [7, 11) is 0. The monoisotopic (exact) mass is 436 g/mol. The lowest BCUT2D eigenvalue weighted by atomic mass is 10.1. The van der Waals surface area contributed by atoms with Crippen LogP contribution < -0.4 is 10.2 Å². The topological polar surface area (TPSA) is 84.3 Å². The number of barbiturate groups is 1. The Morgan fingerprint density at radius 3 is 2.64 bits per heavy atom. The maximum Gasteiger partial charge on any atom is 0.336 e. The summed E-state index contributed by atoms with van der Waals surface area (Å²) in [6, 6.07) is 18.5. The first-order chi connectivity index (χ1) is 16.0. The van der Waals surface area contributed by atoms with Crippen LogP contribution in [0.4, 0.5) is 10.5 Å². The second kappa shape index (κ2) is 8.20. The van der Waals surface area contributed by atoms with Gasteiger partial charge in [0.05, 0.1) is 11.9 Å². The van der Waals surface area contributed by atoms with Crippen molar-refractivity contribution in [3.63, 3.8) is 0 Å². The highest BCUT2D eigenvalue weighted by molar-refractivity contribution is 6.39. The lowest BCUT2D eigenvalue weighted by molar-refractivity contribution is -0.122. The lowest BCUT2D eigenvalue weighted by Gasteiger charge is -2.25. The average Bonchev–Trinajstić information content (AvgIpc) is 3.14. The van der Waals surface area contributed by atoms with Crippen molar-refractivity contribution >= 4 is 40.5 Å². The number of aryl methyl sites for hydroxylation is 1. The Morgan fingerprint density at radius 1 is 1.00 bits per heavy atom. The maximum absolute atomic E-state index is 13.2. The van der Waals surface area contributed by atoms with Crippen molar-refractivity contribution in [1.29, 1.82) is 0 Å². The summed E-state index contributed by atoms with van der Waals surface area (Å²) < 4.78 is 2.09. The lowest BCUT2D eigenvalue weighted by Crippen LogP contribution is -2.54. The summed E-state index contributed by atoms with van der Waals surface area (Å²) >= 11 is 0. The van der Waals surface area contributed by atoms with Crippen LogP contribution in [0.2, 0.25) is 0 Å². The highest BCUT2D eigenvalue weighted by Crippen LogP contribution is 2.27. The van der Waals surface area contributed by atoms with Gasteiger partial charge < -0.3 is 4.57 Å². The molecule has 2 aromatic heterocycles. The van der Waals surface area contributed by atoms with E-state index in [1.807, 2.05) is 36.5 Å². The zero-order chi connectivity index (χ0) is 22.9. The molecule has 4 aromatic rings. The molecular formula is C26H20N4O3. The van der Waals surface area contributed by atoms with Gasteiger partial charge in [-0.1, -0.05) is 48.0 Å². The Morgan fingerprint density at radius 2 is 1.85 bits per heavy atom. The Hall–Kier alpha value is -4.52. The molecule has 1 fully saturated rings. The van der Waals surface area contributed by atoms with Crippen molar-refractivity contribution in [2.45, 2.75) is 13.5 Å². The van der Waals surface area contributed by atoms with E-state index in [1.165, 1.54) is 11.8 Å². The Balaban J connectivity index is 1.57. The summed E-state index contributed by atoms with van der Waals surface area (Å²) in [5, 5.41) is 3.16. The number of anilines is 1. The number of para-hydroxylation sites is 1. The van der Waals surface area contributed by atoms with Gasteiger partial charge in [-0.25, -0.2) is 9.69 Å². The molecule has 33 heavy (non-hydrogen) atoms. The number of urea groups is 1. The number of pyridine rings is 1. The number of imide groups is 2. The van der Waals surface area contributed by atoms with Crippen molar-refractivity contribution < 1.29 is 14.4 Å². The van der Waals surface area contributed by atoms with Crippen LogP contribution >= 0.6 is 0 Å². The molecule has 2 aromatic carbocycles. The SMILES string of the molecule is Cc1cccc(Cn2cc(/C=C3\C(=O)NC(=O)N(c4cccnc4)C3=O)c3ccccc32)c1. The molecule has 0 unspecified atom stereocenters. The molecule has 3 heterocycles. The number of rotatable bonds is 4. The molecular weight excluding hydrogens is 416 g/mol. The van der Waals surface area contributed by atoms with Crippen molar-refractivity contribution in [1.82, 2.24) is 14.9 Å². The summed E-state index contributed by atoms with van der Waals surface area (Å²) in [6.45, 7) is 2.70. The van der Waals surface area contributed by atoms with Gasteiger partial charge >= 0.3 is 6.03 Å². The van der Waals surface area contributed by atoms with Gasteiger partial charge in [0.1, 0.15) is 5.57 Å². The van der Waals surface area contributed by atoms with Crippen LogP contribution in [-0.4, -0.2) is 27.4 Å². The van der Waals surface area contributed by atoms with Gasteiger partial charge in [0.25, 0.3) is 11.8 Å². The van der Waals surface area contributed by atoms with Gasteiger partial charge in [-0.2, -0.15) is 0 Å². The van der Waals surface area contributed by atoms with Crippen LogP contribution in [0.15, 0.2) is 84.8 Å². The van der Waals surface area contributed by atoms with Gasteiger partial charge in [-0.05, 0) is 36.8 Å². The molecule has 0 spiro atoms. The number of fused-ring (bicyclic) bond motifs is 1. The number of carbonyl (C=O) groups excluding carboxylic acids is 3. The maximum atomic E-state index is 13.2. The average molecular weight is 436 g/mol. The number of hydrogen-bond donors (Lipinski definition) is 1. The summed E-state index contributed by atoms with van der Waals surface area (Å²) in [6.07, 6.45) is 6.41. The normalized spacial score (nSPS) is 15.4. The molecule has 1 aliphatic heterocycles. The van der Waals surface area contributed by atoms with Gasteiger partial charge in [0, 0.05) is 35.4 Å². The molecule has 1 saturated heterocycles. The van der Waals surface area contributed by atoms with Crippen molar-refractivity contribution in [3.05, 3.63) is 102 Å². The Bertz CT molecular complexity index is 1440. The van der Waals surface area contributed by atoms with E-state index >= 15 is 0 Å².